The molecule has 0 saturated carbocycles. The zero-order chi connectivity index (χ0) is 20.5. The molecule has 2 aromatic rings. The van der Waals surface area contributed by atoms with Gasteiger partial charge in [-0.3, -0.25) is 4.79 Å². The molecule has 0 fully saturated rings. The number of anilines is 1. The second kappa shape index (κ2) is 10.3. The SMILES string of the molecule is CCCOc1ccc(C(=O)O[C@@H](C)C(=O)Nc2ccc(F)cc2)cc1OCC. The Morgan fingerprint density at radius 3 is 2.39 bits per heavy atom. The molecule has 0 saturated heterocycles. The third-order valence-electron chi connectivity index (χ3n) is 3.71. The Morgan fingerprint density at radius 1 is 1.04 bits per heavy atom. The van der Waals surface area contributed by atoms with Gasteiger partial charge in [0.1, 0.15) is 5.82 Å². The molecule has 1 atom stereocenters. The maximum absolute atomic E-state index is 12.9. The Bertz CT molecular complexity index is 807. The van der Waals surface area contributed by atoms with Crippen molar-refractivity contribution in [2.24, 2.45) is 0 Å². The number of benzene rings is 2. The van der Waals surface area contributed by atoms with Gasteiger partial charge in [0.2, 0.25) is 0 Å². The third kappa shape index (κ3) is 5.97. The molecule has 0 aromatic heterocycles. The van der Waals surface area contributed by atoms with Crippen molar-refractivity contribution in [1.82, 2.24) is 0 Å². The predicted octanol–water partition coefficient (Wildman–Crippen LogP) is 4.20. The minimum absolute atomic E-state index is 0.244. The fourth-order valence-electron chi connectivity index (χ4n) is 2.29. The number of carbonyl (C=O) groups excluding carboxylic acids is 2. The van der Waals surface area contributed by atoms with Crippen LogP contribution in [0.2, 0.25) is 0 Å². The van der Waals surface area contributed by atoms with E-state index >= 15 is 0 Å². The average molecular weight is 389 g/mol. The largest absolute Gasteiger partial charge is 0.490 e. The van der Waals surface area contributed by atoms with Crippen LogP contribution in [0.5, 0.6) is 11.5 Å². The summed E-state index contributed by atoms with van der Waals surface area (Å²) < 4.78 is 29.3. The van der Waals surface area contributed by atoms with Gasteiger partial charge in [0, 0.05) is 5.69 Å². The summed E-state index contributed by atoms with van der Waals surface area (Å²) >= 11 is 0. The van der Waals surface area contributed by atoms with Crippen LogP contribution in [0.15, 0.2) is 42.5 Å². The van der Waals surface area contributed by atoms with Crippen molar-refractivity contribution in [3.8, 4) is 11.5 Å². The molecule has 6 nitrogen and oxygen atoms in total. The molecule has 0 aliphatic carbocycles. The quantitative estimate of drug-likeness (QED) is 0.651. The van der Waals surface area contributed by atoms with Gasteiger partial charge < -0.3 is 19.5 Å². The number of halogens is 1. The van der Waals surface area contributed by atoms with E-state index in [1.54, 1.807) is 12.1 Å². The Morgan fingerprint density at radius 2 is 1.75 bits per heavy atom. The molecule has 1 N–H and O–H groups in total. The average Bonchev–Trinajstić information content (AvgIpc) is 2.68. The summed E-state index contributed by atoms with van der Waals surface area (Å²) in [6.45, 7) is 6.22. The minimum Gasteiger partial charge on any atom is -0.490 e. The number of hydrogen-bond donors (Lipinski definition) is 1. The van der Waals surface area contributed by atoms with Gasteiger partial charge in [-0.25, -0.2) is 9.18 Å². The van der Waals surface area contributed by atoms with Crippen LogP contribution in [0.25, 0.3) is 0 Å². The second-order valence-electron chi connectivity index (χ2n) is 5.99. The van der Waals surface area contributed by atoms with Crippen LogP contribution in [0, 0.1) is 5.82 Å². The lowest BCUT2D eigenvalue weighted by Crippen LogP contribution is -2.30. The number of rotatable bonds is 9. The zero-order valence-corrected chi connectivity index (χ0v) is 16.2. The monoisotopic (exact) mass is 389 g/mol. The maximum Gasteiger partial charge on any atom is 0.339 e. The van der Waals surface area contributed by atoms with Crippen LogP contribution in [-0.2, 0) is 9.53 Å². The van der Waals surface area contributed by atoms with Crippen LogP contribution < -0.4 is 14.8 Å². The van der Waals surface area contributed by atoms with Gasteiger partial charge in [-0.2, -0.15) is 0 Å². The van der Waals surface area contributed by atoms with Crippen molar-refractivity contribution >= 4 is 17.6 Å². The summed E-state index contributed by atoms with van der Waals surface area (Å²) in [4.78, 5) is 24.6. The Labute approximate surface area is 163 Å². The van der Waals surface area contributed by atoms with Gasteiger partial charge in [-0.1, -0.05) is 6.92 Å². The van der Waals surface area contributed by atoms with Crippen molar-refractivity contribution in [2.75, 3.05) is 18.5 Å². The Balaban J connectivity index is 2.02. The number of amides is 1. The number of ether oxygens (including phenoxy) is 3. The van der Waals surface area contributed by atoms with E-state index in [0.717, 1.165) is 6.42 Å². The minimum atomic E-state index is -1.04. The highest BCUT2D eigenvalue weighted by atomic mass is 19.1. The van der Waals surface area contributed by atoms with Crippen molar-refractivity contribution in [3.63, 3.8) is 0 Å². The van der Waals surface area contributed by atoms with Crippen molar-refractivity contribution in [3.05, 3.63) is 53.8 Å². The molecule has 0 aliphatic heterocycles. The first-order valence-corrected chi connectivity index (χ1v) is 9.11. The lowest BCUT2D eigenvalue weighted by molar-refractivity contribution is -0.123. The van der Waals surface area contributed by atoms with E-state index in [9.17, 15) is 14.0 Å². The summed E-state index contributed by atoms with van der Waals surface area (Å²) in [5.74, 6) is -0.609. The van der Waals surface area contributed by atoms with Crippen LogP contribution in [0.1, 0.15) is 37.6 Å². The lowest BCUT2D eigenvalue weighted by atomic mass is 10.2. The fourth-order valence-corrected chi connectivity index (χ4v) is 2.29. The molecule has 2 aromatic carbocycles. The molecule has 0 radical (unpaired) electrons. The fraction of sp³-hybridized carbons (Fsp3) is 0.333. The lowest BCUT2D eigenvalue weighted by Gasteiger charge is -2.15. The predicted molar refractivity (Wildman–Crippen MR) is 103 cm³/mol. The van der Waals surface area contributed by atoms with Gasteiger partial charge in [-0.15, -0.1) is 0 Å². The third-order valence-corrected chi connectivity index (χ3v) is 3.71. The molecular formula is C21H24FNO5. The summed E-state index contributed by atoms with van der Waals surface area (Å²) in [5.41, 5.74) is 0.652. The van der Waals surface area contributed by atoms with E-state index in [2.05, 4.69) is 5.32 Å². The molecule has 1 amide bonds. The molecule has 0 heterocycles. The second-order valence-corrected chi connectivity index (χ2v) is 5.99. The van der Waals surface area contributed by atoms with Gasteiger partial charge in [0.05, 0.1) is 18.8 Å². The number of carbonyl (C=O) groups is 2. The van der Waals surface area contributed by atoms with Crippen molar-refractivity contribution in [2.45, 2.75) is 33.3 Å². The Kier molecular flexibility index (Phi) is 7.80. The van der Waals surface area contributed by atoms with E-state index in [0.29, 0.717) is 30.4 Å². The van der Waals surface area contributed by atoms with Crippen LogP contribution in [0.4, 0.5) is 10.1 Å². The van der Waals surface area contributed by atoms with Gasteiger partial charge in [-0.05, 0) is 62.7 Å². The Hall–Kier alpha value is -3.09. The van der Waals surface area contributed by atoms with Gasteiger partial charge in [0.15, 0.2) is 17.6 Å². The summed E-state index contributed by atoms with van der Waals surface area (Å²) in [5, 5.41) is 2.56. The van der Waals surface area contributed by atoms with E-state index < -0.39 is 23.8 Å². The van der Waals surface area contributed by atoms with Crippen LogP contribution >= 0.6 is 0 Å². The molecular weight excluding hydrogens is 365 g/mol. The molecule has 150 valence electrons. The first-order chi connectivity index (χ1) is 13.4. The highest BCUT2D eigenvalue weighted by Gasteiger charge is 2.20. The number of nitrogens with one attached hydrogen (secondary N) is 1. The topological polar surface area (TPSA) is 73.9 Å². The molecule has 7 heteroatoms. The molecule has 0 unspecified atom stereocenters. The first kappa shape index (κ1) is 21.2. The number of hydrogen-bond acceptors (Lipinski definition) is 5. The van der Waals surface area contributed by atoms with Crippen LogP contribution in [-0.4, -0.2) is 31.2 Å². The molecule has 0 spiro atoms. The molecule has 0 bridgehead atoms. The van der Waals surface area contributed by atoms with E-state index in [4.69, 9.17) is 14.2 Å². The normalized spacial score (nSPS) is 11.4. The molecule has 28 heavy (non-hydrogen) atoms. The zero-order valence-electron chi connectivity index (χ0n) is 16.2. The van der Waals surface area contributed by atoms with E-state index in [1.165, 1.54) is 37.3 Å². The highest BCUT2D eigenvalue weighted by molar-refractivity contribution is 5.97. The summed E-state index contributed by atoms with van der Waals surface area (Å²) in [6, 6.07) is 10.0. The molecule has 2 rings (SSSR count). The highest BCUT2D eigenvalue weighted by Crippen LogP contribution is 2.29. The summed E-state index contributed by atoms with van der Waals surface area (Å²) in [6.07, 6.45) is -0.195. The first-order valence-electron chi connectivity index (χ1n) is 9.11. The maximum atomic E-state index is 12.9. The van der Waals surface area contributed by atoms with Gasteiger partial charge >= 0.3 is 5.97 Å². The summed E-state index contributed by atoms with van der Waals surface area (Å²) in [7, 11) is 0. The number of esters is 1. The smallest absolute Gasteiger partial charge is 0.339 e. The van der Waals surface area contributed by atoms with Crippen molar-refractivity contribution < 1.29 is 28.2 Å². The van der Waals surface area contributed by atoms with E-state index in [1.807, 2.05) is 13.8 Å². The van der Waals surface area contributed by atoms with Crippen molar-refractivity contribution in [1.29, 1.82) is 0 Å². The standard InChI is InChI=1S/C21H24FNO5/c1-4-12-27-18-11-6-15(13-19(18)26-5-2)21(25)28-14(3)20(24)23-17-9-7-16(22)8-10-17/h6-11,13-14H,4-5,12H2,1-3H3,(H,23,24)/t14-/m0/s1. The van der Waals surface area contributed by atoms with Gasteiger partial charge in [0.25, 0.3) is 5.91 Å². The molecule has 0 aliphatic rings. The van der Waals surface area contributed by atoms with Crippen LogP contribution in [0.3, 0.4) is 0 Å². The van der Waals surface area contributed by atoms with E-state index in [-0.39, 0.29) is 5.56 Å².